The molecule has 0 fully saturated rings. The predicted molar refractivity (Wildman–Crippen MR) is 52.1 cm³/mol. The van der Waals surface area contributed by atoms with E-state index in [-0.39, 0.29) is 0 Å². The SMILES string of the molecule is C=CC[P+]([O-])(CC=C)CC=C. The fourth-order valence-electron chi connectivity index (χ4n) is 0.929. The van der Waals surface area contributed by atoms with Crippen molar-refractivity contribution in [2.45, 2.75) is 0 Å². The molecule has 2 heteroatoms. The average molecular weight is 170 g/mol. The van der Waals surface area contributed by atoms with E-state index in [0.29, 0.717) is 18.5 Å². The van der Waals surface area contributed by atoms with E-state index in [4.69, 9.17) is 0 Å². The van der Waals surface area contributed by atoms with Gasteiger partial charge in [-0.2, -0.15) is 0 Å². The minimum Gasteiger partial charge on any atom is -0.679 e. The molecule has 0 unspecified atom stereocenters. The van der Waals surface area contributed by atoms with Crippen LogP contribution in [0.4, 0.5) is 0 Å². The fourth-order valence-corrected chi connectivity index (χ4v) is 2.79. The van der Waals surface area contributed by atoms with Crippen LogP contribution in [-0.4, -0.2) is 18.5 Å². The molecule has 0 aliphatic carbocycles. The van der Waals surface area contributed by atoms with Crippen LogP contribution in [0.25, 0.3) is 0 Å². The van der Waals surface area contributed by atoms with Crippen LogP contribution >= 0.6 is 7.49 Å². The summed E-state index contributed by atoms with van der Waals surface area (Å²) >= 11 is 0. The van der Waals surface area contributed by atoms with Crippen molar-refractivity contribution in [2.24, 2.45) is 0 Å². The maximum absolute atomic E-state index is 11.8. The van der Waals surface area contributed by atoms with E-state index in [1.807, 2.05) is 0 Å². The third-order valence-corrected chi connectivity index (χ3v) is 4.16. The molecule has 0 rings (SSSR count). The number of rotatable bonds is 6. The highest BCUT2D eigenvalue weighted by atomic mass is 31.2. The molecular weight excluding hydrogens is 155 g/mol. The van der Waals surface area contributed by atoms with Gasteiger partial charge in [-0.25, -0.2) is 0 Å². The van der Waals surface area contributed by atoms with Crippen molar-refractivity contribution >= 4 is 7.49 Å². The van der Waals surface area contributed by atoms with Crippen LogP contribution in [0.2, 0.25) is 0 Å². The zero-order chi connectivity index (χ0) is 8.74. The van der Waals surface area contributed by atoms with Crippen LogP contribution in [-0.2, 0) is 0 Å². The molecule has 0 N–H and O–H groups in total. The largest absolute Gasteiger partial charge is 0.679 e. The van der Waals surface area contributed by atoms with E-state index in [1.165, 1.54) is 0 Å². The summed E-state index contributed by atoms with van der Waals surface area (Å²) in [5.74, 6) is 0. The summed E-state index contributed by atoms with van der Waals surface area (Å²) in [5.41, 5.74) is 0. The van der Waals surface area contributed by atoms with Gasteiger partial charge < -0.3 is 4.89 Å². The van der Waals surface area contributed by atoms with E-state index < -0.39 is 7.49 Å². The zero-order valence-corrected chi connectivity index (χ0v) is 7.72. The van der Waals surface area contributed by atoms with E-state index in [9.17, 15) is 4.89 Å². The van der Waals surface area contributed by atoms with E-state index in [1.54, 1.807) is 18.2 Å². The zero-order valence-electron chi connectivity index (χ0n) is 6.83. The van der Waals surface area contributed by atoms with Gasteiger partial charge in [-0.3, -0.25) is 0 Å². The third-order valence-electron chi connectivity index (χ3n) is 1.39. The molecule has 0 aromatic carbocycles. The second-order valence-corrected chi connectivity index (χ2v) is 5.68. The van der Waals surface area contributed by atoms with Gasteiger partial charge in [0, 0.05) is 0 Å². The second kappa shape index (κ2) is 5.29. The third kappa shape index (κ3) is 4.13. The molecule has 0 radical (unpaired) electrons. The molecule has 62 valence electrons. The summed E-state index contributed by atoms with van der Waals surface area (Å²) in [6, 6.07) is 0. The minimum absolute atomic E-state index is 0.588. The van der Waals surface area contributed by atoms with Gasteiger partial charge in [0.1, 0.15) is 0 Å². The predicted octanol–water partition coefficient (Wildman–Crippen LogP) is 1.84. The van der Waals surface area contributed by atoms with Gasteiger partial charge in [-0.05, 0) is 7.49 Å². The van der Waals surface area contributed by atoms with Crippen LogP contribution in [0.15, 0.2) is 38.0 Å². The first kappa shape index (κ1) is 10.6. The summed E-state index contributed by atoms with van der Waals surface area (Å²) in [6.07, 6.45) is 6.87. The summed E-state index contributed by atoms with van der Waals surface area (Å²) in [7, 11) is -2.07. The molecule has 0 saturated heterocycles. The highest BCUT2D eigenvalue weighted by Crippen LogP contribution is 2.49. The standard InChI is InChI=1S/C9H15OP/c1-4-7-11(10,8-5-2)9-6-3/h4-6H,1-3,7-9H2. The molecule has 0 amide bonds. The topological polar surface area (TPSA) is 23.1 Å². The van der Waals surface area contributed by atoms with Gasteiger partial charge in [-0.1, -0.05) is 38.0 Å². The lowest BCUT2D eigenvalue weighted by atomic mass is 10.7. The molecule has 1 nitrogen and oxygen atoms in total. The van der Waals surface area contributed by atoms with Crippen LogP contribution < -0.4 is 4.89 Å². The number of allylic oxidation sites excluding steroid dienone is 3. The van der Waals surface area contributed by atoms with Crippen molar-refractivity contribution in [3.63, 3.8) is 0 Å². The smallest absolute Gasteiger partial charge is 0.0722 e. The Morgan fingerprint density at radius 2 is 1.18 bits per heavy atom. The van der Waals surface area contributed by atoms with Crippen molar-refractivity contribution in [2.75, 3.05) is 18.5 Å². The van der Waals surface area contributed by atoms with Crippen molar-refractivity contribution < 1.29 is 4.89 Å². The Balaban J connectivity index is 4.09. The maximum atomic E-state index is 11.8. The molecule has 0 aromatic rings. The van der Waals surface area contributed by atoms with Crippen molar-refractivity contribution in [1.82, 2.24) is 0 Å². The maximum Gasteiger partial charge on any atom is 0.0722 e. The Morgan fingerprint density at radius 1 is 0.909 bits per heavy atom. The van der Waals surface area contributed by atoms with E-state index >= 15 is 0 Å². The molecule has 0 spiro atoms. The summed E-state index contributed by atoms with van der Waals surface area (Å²) in [6.45, 7) is 10.7. The molecule has 0 bridgehead atoms. The lowest BCUT2D eigenvalue weighted by molar-refractivity contribution is -0.168. The Morgan fingerprint density at radius 3 is 1.36 bits per heavy atom. The lowest BCUT2D eigenvalue weighted by Crippen LogP contribution is -2.17. The molecular formula is C9H15OP. The normalized spacial score (nSPS) is 10.6. The molecule has 0 aliphatic heterocycles. The summed E-state index contributed by atoms with van der Waals surface area (Å²) < 4.78 is 0. The quantitative estimate of drug-likeness (QED) is 0.440. The van der Waals surface area contributed by atoms with Crippen LogP contribution in [0.1, 0.15) is 0 Å². The first-order valence-corrected chi connectivity index (χ1v) is 5.84. The molecule has 0 saturated carbocycles. The molecule has 0 heterocycles. The van der Waals surface area contributed by atoms with Gasteiger partial charge >= 0.3 is 0 Å². The number of hydrogen-bond donors (Lipinski definition) is 0. The van der Waals surface area contributed by atoms with Crippen LogP contribution in [0.3, 0.4) is 0 Å². The first-order valence-electron chi connectivity index (χ1n) is 3.58. The van der Waals surface area contributed by atoms with Gasteiger partial charge in [-0.15, -0.1) is 0 Å². The van der Waals surface area contributed by atoms with Crippen molar-refractivity contribution in [3.8, 4) is 0 Å². The summed E-state index contributed by atoms with van der Waals surface area (Å²) in [4.78, 5) is 11.8. The number of hydrogen-bond acceptors (Lipinski definition) is 1. The molecule has 0 atom stereocenters. The molecule has 11 heavy (non-hydrogen) atoms. The average Bonchev–Trinajstić information content (AvgIpc) is 1.88. The highest BCUT2D eigenvalue weighted by molar-refractivity contribution is 7.69. The van der Waals surface area contributed by atoms with Gasteiger partial charge in [0.2, 0.25) is 0 Å². The van der Waals surface area contributed by atoms with Crippen LogP contribution in [0.5, 0.6) is 0 Å². The summed E-state index contributed by atoms with van der Waals surface area (Å²) in [5, 5.41) is 0. The minimum atomic E-state index is -2.07. The molecule has 0 aromatic heterocycles. The second-order valence-electron chi connectivity index (χ2n) is 2.47. The Labute approximate surface area is 69.6 Å². The lowest BCUT2D eigenvalue weighted by Gasteiger charge is -2.28. The van der Waals surface area contributed by atoms with Crippen LogP contribution in [0, 0.1) is 0 Å². The first-order chi connectivity index (χ1) is 5.18. The molecule has 0 aliphatic rings. The Kier molecular flexibility index (Phi) is 5.10. The van der Waals surface area contributed by atoms with Gasteiger partial charge in [0.15, 0.2) is 0 Å². The van der Waals surface area contributed by atoms with Crippen molar-refractivity contribution in [1.29, 1.82) is 0 Å². The Bertz CT molecular complexity index is 125. The van der Waals surface area contributed by atoms with Crippen molar-refractivity contribution in [3.05, 3.63) is 38.0 Å². The van der Waals surface area contributed by atoms with E-state index in [2.05, 4.69) is 19.7 Å². The van der Waals surface area contributed by atoms with E-state index in [0.717, 1.165) is 0 Å². The Hall–Kier alpha value is -0.390. The fraction of sp³-hybridized carbons (Fsp3) is 0.333. The van der Waals surface area contributed by atoms with Gasteiger partial charge in [0.05, 0.1) is 18.5 Å². The van der Waals surface area contributed by atoms with Gasteiger partial charge in [0.25, 0.3) is 0 Å². The highest BCUT2D eigenvalue weighted by Gasteiger charge is 2.19. The monoisotopic (exact) mass is 170 g/mol.